The molecule has 2 atom stereocenters. The summed E-state index contributed by atoms with van der Waals surface area (Å²) in [7, 11) is 0. The fraction of sp³-hybridized carbons (Fsp3) is 0.800. The topological polar surface area (TPSA) is 101 Å². The first-order valence-electron chi connectivity index (χ1n) is 7.69. The van der Waals surface area contributed by atoms with Gasteiger partial charge in [-0.05, 0) is 19.3 Å². The number of carbonyl (C=O) groups is 3. The molecule has 2 N–H and O–H groups in total. The molecule has 0 heterocycles. The molecule has 2 unspecified atom stereocenters. The van der Waals surface area contributed by atoms with Crippen LogP contribution in [0.4, 0.5) is 0 Å². The van der Waals surface area contributed by atoms with E-state index in [1.807, 2.05) is 6.92 Å². The summed E-state index contributed by atoms with van der Waals surface area (Å²) in [6.45, 7) is 1.81. The molecule has 0 fully saturated rings. The van der Waals surface area contributed by atoms with Crippen LogP contribution >= 0.6 is 37.9 Å². The normalized spacial score (nSPS) is 16.0. The zero-order valence-corrected chi connectivity index (χ0v) is 16.4. The third kappa shape index (κ3) is 8.02. The number of carbonyl (C=O) groups excluding carboxylic acids is 1. The van der Waals surface area contributed by atoms with Crippen LogP contribution in [0.1, 0.15) is 32.6 Å². The van der Waals surface area contributed by atoms with Gasteiger partial charge in [-0.2, -0.15) is 37.9 Å². The van der Waals surface area contributed by atoms with Crippen LogP contribution in [0.15, 0.2) is 0 Å². The van der Waals surface area contributed by atoms with Gasteiger partial charge < -0.3 is 14.9 Å². The molecule has 0 aromatic rings. The summed E-state index contributed by atoms with van der Waals surface area (Å²) in [6, 6.07) is 0. The Hall–Kier alpha value is -0.540. The lowest BCUT2D eigenvalue weighted by Gasteiger charge is -2.36. The summed E-state index contributed by atoms with van der Waals surface area (Å²) in [5, 5.41) is 18.6. The molecule has 0 saturated heterocycles. The van der Waals surface area contributed by atoms with E-state index in [2.05, 4.69) is 37.9 Å². The van der Waals surface area contributed by atoms with Gasteiger partial charge in [-0.3, -0.25) is 14.4 Å². The van der Waals surface area contributed by atoms with Gasteiger partial charge in [0, 0.05) is 22.7 Å². The first-order valence-corrected chi connectivity index (χ1v) is 9.58. The predicted molar refractivity (Wildman–Crippen MR) is 101 cm³/mol. The molecule has 0 saturated carbocycles. The van der Waals surface area contributed by atoms with Gasteiger partial charge in [-0.25, -0.2) is 0 Å². The second kappa shape index (κ2) is 11.9. The maximum Gasteiger partial charge on any atom is 0.307 e. The highest BCUT2D eigenvalue weighted by atomic mass is 32.1. The Labute approximate surface area is 159 Å². The quantitative estimate of drug-likeness (QED) is 0.241. The Morgan fingerprint density at radius 1 is 1.00 bits per heavy atom. The van der Waals surface area contributed by atoms with Crippen molar-refractivity contribution >= 4 is 55.8 Å². The first kappa shape index (κ1) is 23.5. The summed E-state index contributed by atoms with van der Waals surface area (Å²) >= 11 is 12.1. The zero-order valence-electron chi connectivity index (χ0n) is 13.7. The molecular weight excluding hydrogens is 372 g/mol. The van der Waals surface area contributed by atoms with Crippen molar-refractivity contribution in [1.82, 2.24) is 0 Å². The number of carboxylic acid groups (broad SMARTS) is 2. The van der Waals surface area contributed by atoms with Crippen molar-refractivity contribution in [3.8, 4) is 0 Å². The number of thiol groups is 3. The van der Waals surface area contributed by atoms with Crippen molar-refractivity contribution in [3.63, 3.8) is 0 Å². The summed E-state index contributed by atoms with van der Waals surface area (Å²) < 4.78 is 5.27. The number of hydrogen-bond donors (Lipinski definition) is 5. The van der Waals surface area contributed by atoms with Crippen molar-refractivity contribution in [2.45, 2.75) is 32.6 Å². The van der Waals surface area contributed by atoms with Crippen LogP contribution in [-0.2, 0) is 19.1 Å². The van der Waals surface area contributed by atoms with E-state index in [4.69, 9.17) is 4.74 Å². The Morgan fingerprint density at radius 3 is 1.75 bits per heavy atom. The number of rotatable bonds is 13. The Bertz CT molecular complexity index is 405. The van der Waals surface area contributed by atoms with E-state index in [0.717, 1.165) is 0 Å². The molecule has 0 aliphatic heterocycles. The third-order valence-corrected chi connectivity index (χ3v) is 5.21. The van der Waals surface area contributed by atoms with Crippen LogP contribution in [-0.4, -0.2) is 52.0 Å². The number of carboxylic acids is 2. The summed E-state index contributed by atoms with van der Waals surface area (Å²) in [6.07, 6.45) is 1.01. The number of hydrogen-bond acceptors (Lipinski definition) is 7. The highest BCUT2D eigenvalue weighted by Gasteiger charge is 2.38. The van der Waals surface area contributed by atoms with Gasteiger partial charge >= 0.3 is 17.9 Å². The second-order valence-electron chi connectivity index (χ2n) is 5.83. The summed E-state index contributed by atoms with van der Waals surface area (Å²) in [4.78, 5) is 34.4. The molecule has 0 radical (unpaired) electrons. The summed E-state index contributed by atoms with van der Waals surface area (Å²) in [5.74, 6) is -3.32. The molecular formula is C15H26O6S3. The van der Waals surface area contributed by atoms with Crippen LogP contribution in [0.2, 0.25) is 0 Å². The second-order valence-corrected chi connectivity index (χ2v) is 7.01. The van der Waals surface area contributed by atoms with Crippen LogP contribution in [0.5, 0.6) is 0 Å². The minimum absolute atomic E-state index is 0.0226. The fourth-order valence-electron chi connectivity index (χ4n) is 2.49. The van der Waals surface area contributed by atoms with E-state index in [9.17, 15) is 24.6 Å². The van der Waals surface area contributed by atoms with Gasteiger partial charge in [0.2, 0.25) is 0 Å². The number of esters is 1. The average Bonchev–Trinajstić information content (AvgIpc) is 2.54. The smallest absolute Gasteiger partial charge is 0.307 e. The zero-order chi connectivity index (χ0) is 18.8. The van der Waals surface area contributed by atoms with Gasteiger partial charge in [0.25, 0.3) is 0 Å². The van der Waals surface area contributed by atoms with Crippen LogP contribution in [0.25, 0.3) is 0 Å². The minimum atomic E-state index is -0.998. The molecule has 0 spiro atoms. The molecule has 0 rings (SSSR count). The SMILES string of the molecule is CCC(COC(=O)CCS)(CC(CS)C(=O)O)CC(CS)C(=O)O. The molecule has 0 aliphatic carbocycles. The molecule has 0 aromatic carbocycles. The van der Waals surface area contributed by atoms with E-state index in [1.165, 1.54) is 0 Å². The minimum Gasteiger partial charge on any atom is -0.481 e. The maximum absolute atomic E-state index is 11.7. The fourth-order valence-corrected chi connectivity index (χ4v) is 3.25. The van der Waals surface area contributed by atoms with Crippen molar-refractivity contribution in [2.75, 3.05) is 23.9 Å². The van der Waals surface area contributed by atoms with Crippen molar-refractivity contribution < 1.29 is 29.3 Å². The van der Waals surface area contributed by atoms with Crippen LogP contribution < -0.4 is 0 Å². The lowest BCUT2D eigenvalue weighted by molar-refractivity contribution is -0.150. The van der Waals surface area contributed by atoms with Gasteiger partial charge in [0.1, 0.15) is 0 Å². The van der Waals surface area contributed by atoms with Crippen molar-refractivity contribution in [3.05, 3.63) is 0 Å². The lowest BCUT2D eigenvalue weighted by atomic mass is 9.72. The first-order chi connectivity index (χ1) is 11.2. The predicted octanol–water partition coefficient (Wildman–Crippen LogP) is 2.29. The molecule has 0 aromatic heterocycles. The maximum atomic E-state index is 11.7. The third-order valence-electron chi connectivity index (χ3n) is 4.10. The monoisotopic (exact) mass is 398 g/mol. The Balaban J connectivity index is 5.36. The van der Waals surface area contributed by atoms with Crippen molar-refractivity contribution in [1.29, 1.82) is 0 Å². The van der Waals surface area contributed by atoms with E-state index in [1.54, 1.807) is 0 Å². The van der Waals surface area contributed by atoms with Crippen molar-refractivity contribution in [2.24, 2.45) is 17.3 Å². The molecule has 0 bridgehead atoms. The largest absolute Gasteiger partial charge is 0.481 e. The molecule has 0 amide bonds. The Morgan fingerprint density at radius 2 is 1.46 bits per heavy atom. The molecule has 0 aliphatic rings. The van der Waals surface area contributed by atoms with E-state index >= 15 is 0 Å². The molecule has 9 heteroatoms. The average molecular weight is 399 g/mol. The standard InChI is InChI=1S/C15H26O6S3/c1-2-15(5-10(7-23)13(17)18,6-11(8-24)14(19)20)9-21-12(16)3-4-22/h10-11,22-24H,2-9H2,1H3,(H,17,18)(H,19,20). The molecule has 140 valence electrons. The van der Waals surface area contributed by atoms with Crippen LogP contribution in [0, 0.1) is 17.3 Å². The highest BCUT2D eigenvalue weighted by molar-refractivity contribution is 7.80. The van der Waals surface area contributed by atoms with Gasteiger partial charge in [0.15, 0.2) is 0 Å². The number of ether oxygens (including phenoxy) is 1. The van der Waals surface area contributed by atoms with E-state index < -0.39 is 35.2 Å². The van der Waals surface area contributed by atoms with E-state index in [0.29, 0.717) is 12.2 Å². The summed E-state index contributed by atoms with van der Waals surface area (Å²) in [5.41, 5.74) is -0.746. The Kier molecular flexibility index (Phi) is 11.6. The van der Waals surface area contributed by atoms with E-state index in [-0.39, 0.29) is 37.4 Å². The molecule has 6 nitrogen and oxygen atoms in total. The lowest BCUT2D eigenvalue weighted by Crippen LogP contribution is -2.37. The number of aliphatic carboxylic acids is 2. The highest BCUT2D eigenvalue weighted by Crippen LogP contribution is 2.38. The van der Waals surface area contributed by atoms with Gasteiger partial charge in [-0.1, -0.05) is 6.92 Å². The van der Waals surface area contributed by atoms with Gasteiger partial charge in [-0.15, -0.1) is 0 Å². The van der Waals surface area contributed by atoms with Crippen LogP contribution in [0.3, 0.4) is 0 Å². The van der Waals surface area contributed by atoms with Gasteiger partial charge in [0.05, 0.1) is 24.9 Å². The molecule has 24 heavy (non-hydrogen) atoms.